The fourth-order valence-corrected chi connectivity index (χ4v) is 2.17. The zero-order valence-electron chi connectivity index (χ0n) is 12.5. The maximum atomic E-state index is 11.8. The molecule has 3 aromatic rings. The number of esters is 1. The molecule has 0 saturated carbocycles. The second kappa shape index (κ2) is 7.27. The molecule has 3 aromatic carbocycles. The summed E-state index contributed by atoms with van der Waals surface area (Å²) >= 11 is 0. The van der Waals surface area contributed by atoms with E-state index in [1.54, 1.807) is 24.3 Å². The minimum atomic E-state index is -0.429. The average Bonchev–Trinajstić information content (AvgIpc) is 2.62. The van der Waals surface area contributed by atoms with E-state index < -0.39 is 5.97 Å². The Hall–Kier alpha value is -3.07. The van der Waals surface area contributed by atoms with Gasteiger partial charge in [-0.05, 0) is 35.4 Å². The average molecular weight is 304 g/mol. The lowest BCUT2D eigenvalue weighted by Gasteiger charge is -2.07. The van der Waals surface area contributed by atoms with Gasteiger partial charge in [0.1, 0.15) is 11.5 Å². The molecule has 0 heterocycles. The molecule has 23 heavy (non-hydrogen) atoms. The van der Waals surface area contributed by atoms with Crippen molar-refractivity contribution in [2.75, 3.05) is 6.61 Å². The zero-order chi connectivity index (χ0) is 15.9. The largest absolute Gasteiger partial charge is 0.482 e. The Bertz CT molecular complexity index is 750. The number of benzene rings is 3. The predicted octanol–water partition coefficient (Wildman–Crippen LogP) is 4.34. The van der Waals surface area contributed by atoms with Gasteiger partial charge >= 0.3 is 5.97 Å². The molecule has 0 atom stereocenters. The predicted molar refractivity (Wildman–Crippen MR) is 89.5 cm³/mol. The summed E-state index contributed by atoms with van der Waals surface area (Å²) in [4.78, 5) is 11.8. The van der Waals surface area contributed by atoms with Crippen molar-refractivity contribution < 1.29 is 14.3 Å². The normalized spacial score (nSPS) is 10.1. The summed E-state index contributed by atoms with van der Waals surface area (Å²) in [5.74, 6) is 0.719. The standard InChI is InChI=1S/C20H16O3/c21-20(15-22-18-9-5-2-6-10-18)23-19-13-11-17(12-14-19)16-7-3-1-4-8-16/h1-14H,15H2. The summed E-state index contributed by atoms with van der Waals surface area (Å²) in [7, 11) is 0. The third kappa shape index (κ3) is 4.20. The van der Waals surface area contributed by atoms with Crippen LogP contribution in [0.1, 0.15) is 0 Å². The van der Waals surface area contributed by atoms with Crippen molar-refractivity contribution >= 4 is 5.97 Å². The summed E-state index contributed by atoms with van der Waals surface area (Å²) in [5.41, 5.74) is 2.20. The van der Waals surface area contributed by atoms with Crippen LogP contribution in [0.2, 0.25) is 0 Å². The number of rotatable bonds is 5. The lowest BCUT2D eigenvalue weighted by atomic mass is 10.1. The summed E-state index contributed by atoms with van der Waals surface area (Å²) < 4.78 is 10.6. The molecule has 3 heteroatoms. The van der Waals surface area contributed by atoms with Crippen molar-refractivity contribution in [2.24, 2.45) is 0 Å². The zero-order valence-corrected chi connectivity index (χ0v) is 12.5. The van der Waals surface area contributed by atoms with Gasteiger partial charge in [-0.3, -0.25) is 0 Å². The smallest absolute Gasteiger partial charge is 0.349 e. The van der Waals surface area contributed by atoms with Gasteiger partial charge in [0.15, 0.2) is 6.61 Å². The lowest BCUT2D eigenvalue weighted by Crippen LogP contribution is -2.17. The van der Waals surface area contributed by atoms with Crippen LogP contribution in [0.5, 0.6) is 11.5 Å². The Labute approximate surface area is 135 Å². The van der Waals surface area contributed by atoms with E-state index in [2.05, 4.69) is 0 Å². The van der Waals surface area contributed by atoms with E-state index in [0.29, 0.717) is 11.5 Å². The number of para-hydroxylation sites is 1. The van der Waals surface area contributed by atoms with E-state index in [1.165, 1.54) is 0 Å². The summed E-state index contributed by atoms with van der Waals surface area (Å²) in [5, 5.41) is 0. The molecular formula is C20H16O3. The molecule has 0 aliphatic carbocycles. The highest BCUT2D eigenvalue weighted by molar-refractivity contribution is 5.74. The molecule has 3 rings (SSSR count). The topological polar surface area (TPSA) is 35.5 Å². The maximum absolute atomic E-state index is 11.8. The van der Waals surface area contributed by atoms with Crippen LogP contribution in [-0.4, -0.2) is 12.6 Å². The van der Waals surface area contributed by atoms with E-state index >= 15 is 0 Å². The molecule has 0 saturated heterocycles. The van der Waals surface area contributed by atoms with Gasteiger partial charge in [0.25, 0.3) is 0 Å². The van der Waals surface area contributed by atoms with Gasteiger partial charge in [0.05, 0.1) is 0 Å². The van der Waals surface area contributed by atoms with Crippen LogP contribution in [-0.2, 0) is 4.79 Å². The van der Waals surface area contributed by atoms with E-state index in [-0.39, 0.29) is 6.61 Å². The maximum Gasteiger partial charge on any atom is 0.349 e. The molecule has 0 spiro atoms. The quantitative estimate of drug-likeness (QED) is 0.519. The molecule has 0 radical (unpaired) electrons. The molecule has 0 aliphatic rings. The highest BCUT2D eigenvalue weighted by Gasteiger charge is 2.06. The Kier molecular flexibility index (Phi) is 4.69. The second-order valence-electron chi connectivity index (χ2n) is 4.97. The van der Waals surface area contributed by atoms with E-state index in [1.807, 2.05) is 60.7 Å². The third-order valence-corrected chi connectivity index (χ3v) is 3.29. The van der Waals surface area contributed by atoms with Crippen LogP contribution >= 0.6 is 0 Å². The number of hydrogen-bond acceptors (Lipinski definition) is 3. The first-order valence-corrected chi connectivity index (χ1v) is 7.35. The van der Waals surface area contributed by atoms with E-state index in [4.69, 9.17) is 9.47 Å². The summed E-state index contributed by atoms with van der Waals surface area (Å²) in [6, 6.07) is 26.6. The molecule has 0 fully saturated rings. The SMILES string of the molecule is O=C(COc1ccccc1)Oc1ccc(-c2ccccc2)cc1. The van der Waals surface area contributed by atoms with Crippen molar-refractivity contribution in [3.63, 3.8) is 0 Å². The Morgan fingerprint density at radius 3 is 1.87 bits per heavy atom. The lowest BCUT2D eigenvalue weighted by molar-refractivity contribution is -0.136. The Morgan fingerprint density at radius 1 is 0.652 bits per heavy atom. The minimum Gasteiger partial charge on any atom is -0.482 e. The van der Waals surface area contributed by atoms with Gasteiger partial charge < -0.3 is 9.47 Å². The summed E-state index contributed by atoms with van der Waals surface area (Å²) in [6.45, 7) is -0.121. The van der Waals surface area contributed by atoms with Gasteiger partial charge in [-0.25, -0.2) is 4.79 Å². The van der Waals surface area contributed by atoms with E-state index in [9.17, 15) is 4.79 Å². The molecule has 0 N–H and O–H groups in total. The molecule has 0 unspecified atom stereocenters. The van der Waals surface area contributed by atoms with Gasteiger partial charge in [0, 0.05) is 0 Å². The highest BCUT2D eigenvalue weighted by atomic mass is 16.6. The van der Waals surface area contributed by atoms with Gasteiger partial charge in [-0.2, -0.15) is 0 Å². The van der Waals surface area contributed by atoms with Gasteiger partial charge in [0.2, 0.25) is 0 Å². The highest BCUT2D eigenvalue weighted by Crippen LogP contribution is 2.22. The molecule has 0 bridgehead atoms. The van der Waals surface area contributed by atoms with Gasteiger partial charge in [-0.1, -0.05) is 60.7 Å². The van der Waals surface area contributed by atoms with Crippen LogP contribution in [0.15, 0.2) is 84.9 Å². The van der Waals surface area contributed by atoms with Crippen LogP contribution in [0, 0.1) is 0 Å². The number of carbonyl (C=O) groups excluding carboxylic acids is 1. The van der Waals surface area contributed by atoms with Crippen molar-refractivity contribution in [3.8, 4) is 22.6 Å². The van der Waals surface area contributed by atoms with Crippen LogP contribution < -0.4 is 9.47 Å². The molecule has 114 valence electrons. The van der Waals surface area contributed by atoms with Crippen molar-refractivity contribution in [1.29, 1.82) is 0 Å². The molecular weight excluding hydrogens is 288 g/mol. The number of carbonyl (C=O) groups is 1. The van der Waals surface area contributed by atoms with Crippen molar-refractivity contribution in [2.45, 2.75) is 0 Å². The molecule has 3 nitrogen and oxygen atoms in total. The first-order chi connectivity index (χ1) is 11.3. The molecule has 0 aromatic heterocycles. The van der Waals surface area contributed by atoms with Crippen LogP contribution in [0.4, 0.5) is 0 Å². The third-order valence-electron chi connectivity index (χ3n) is 3.29. The number of hydrogen-bond donors (Lipinski definition) is 0. The Balaban J connectivity index is 1.57. The number of ether oxygens (including phenoxy) is 2. The minimum absolute atomic E-state index is 0.121. The van der Waals surface area contributed by atoms with Gasteiger partial charge in [-0.15, -0.1) is 0 Å². The van der Waals surface area contributed by atoms with E-state index in [0.717, 1.165) is 11.1 Å². The summed E-state index contributed by atoms with van der Waals surface area (Å²) in [6.07, 6.45) is 0. The fraction of sp³-hybridized carbons (Fsp3) is 0.0500. The van der Waals surface area contributed by atoms with Crippen molar-refractivity contribution in [1.82, 2.24) is 0 Å². The second-order valence-corrected chi connectivity index (χ2v) is 4.97. The monoisotopic (exact) mass is 304 g/mol. The van der Waals surface area contributed by atoms with Crippen LogP contribution in [0.3, 0.4) is 0 Å². The molecule has 0 amide bonds. The Morgan fingerprint density at radius 2 is 1.22 bits per heavy atom. The van der Waals surface area contributed by atoms with Crippen molar-refractivity contribution in [3.05, 3.63) is 84.9 Å². The fourth-order valence-electron chi connectivity index (χ4n) is 2.17. The first-order valence-electron chi connectivity index (χ1n) is 7.35. The molecule has 0 aliphatic heterocycles. The van der Waals surface area contributed by atoms with Crippen LogP contribution in [0.25, 0.3) is 11.1 Å². The first kappa shape index (κ1) is 14.9.